The molecule has 0 fully saturated rings. The summed E-state index contributed by atoms with van der Waals surface area (Å²) in [6, 6.07) is 4.55. The molecular weight excluding hydrogens is 281 g/mol. The van der Waals surface area contributed by atoms with Crippen LogP contribution in [0.5, 0.6) is 0 Å². The third-order valence-electron chi connectivity index (χ3n) is 1.83. The van der Waals surface area contributed by atoms with E-state index in [2.05, 4.69) is 26.1 Å². The molecule has 2 rings (SSSR count). The zero-order chi connectivity index (χ0) is 10.8. The molecule has 3 nitrogen and oxygen atoms in total. The Morgan fingerprint density at radius 1 is 1.40 bits per heavy atom. The number of rotatable bonds is 2. The fraction of sp³-hybridized carbons (Fsp3) is 0.111. The van der Waals surface area contributed by atoms with E-state index in [0.29, 0.717) is 11.6 Å². The van der Waals surface area contributed by atoms with Gasteiger partial charge in [-0.05, 0) is 23.8 Å². The molecule has 2 N–H and O–H groups in total. The van der Waals surface area contributed by atoms with Gasteiger partial charge in [-0.25, -0.2) is 4.39 Å². The minimum atomic E-state index is -0.259. The maximum Gasteiger partial charge on any atom is 0.203 e. The standard InChI is InChI=1S/C9H7BrFN3S/c10-7-2-1-6(11)3-5(7)4-8-13-14-9(12)15-8/h1-3H,4H2,(H2,12,14). The van der Waals surface area contributed by atoms with Crippen LogP contribution < -0.4 is 5.73 Å². The van der Waals surface area contributed by atoms with Crippen molar-refractivity contribution in [3.8, 4) is 0 Å². The van der Waals surface area contributed by atoms with Gasteiger partial charge in [0.15, 0.2) is 0 Å². The molecule has 1 aromatic carbocycles. The van der Waals surface area contributed by atoms with E-state index < -0.39 is 0 Å². The van der Waals surface area contributed by atoms with Crippen LogP contribution in [-0.4, -0.2) is 10.2 Å². The van der Waals surface area contributed by atoms with Gasteiger partial charge in [0.25, 0.3) is 0 Å². The summed E-state index contributed by atoms with van der Waals surface area (Å²) in [6.07, 6.45) is 0.535. The SMILES string of the molecule is Nc1nnc(Cc2cc(F)ccc2Br)s1. The van der Waals surface area contributed by atoms with Crippen LogP contribution in [0.25, 0.3) is 0 Å². The summed E-state index contributed by atoms with van der Waals surface area (Å²) < 4.78 is 13.8. The molecule has 0 saturated carbocycles. The number of anilines is 1. The first-order valence-corrected chi connectivity index (χ1v) is 5.78. The van der Waals surface area contributed by atoms with Gasteiger partial charge < -0.3 is 5.73 Å². The van der Waals surface area contributed by atoms with Crippen molar-refractivity contribution in [3.63, 3.8) is 0 Å². The first-order valence-electron chi connectivity index (χ1n) is 4.17. The number of hydrogen-bond acceptors (Lipinski definition) is 4. The van der Waals surface area contributed by atoms with Crippen LogP contribution in [0.4, 0.5) is 9.52 Å². The topological polar surface area (TPSA) is 51.8 Å². The number of hydrogen-bond donors (Lipinski definition) is 1. The Morgan fingerprint density at radius 2 is 2.20 bits per heavy atom. The molecule has 0 atom stereocenters. The predicted octanol–water partition coefficient (Wildman–Crippen LogP) is 2.61. The molecule has 1 heterocycles. The van der Waals surface area contributed by atoms with Crippen molar-refractivity contribution in [3.05, 3.63) is 39.1 Å². The molecule has 0 amide bonds. The normalized spacial score (nSPS) is 10.5. The lowest BCUT2D eigenvalue weighted by Crippen LogP contribution is -1.90. The summed E-state index contributed by atoms with van der Waals surface area (Å²) in [5.41, 5.74) is 6.30. The van der Waals surface area contributed by atoms with Crippen molar-refractivity contribution in [1.82, 2.24) is 10.2 Å². The molecule has 0 aliphatic heterocycles. The van der Waals surface area contributed by atoms with Gasteiger partial charge in [-0.1, -0.05) is 27.3 Å². The minimum Gasteiger partial charge on any atom is -0.374 e. The van der Waals surface area contributed by atoms with Crippen molar-refractivity contribution in [2.45, 2.75) is 6.42 Å². The average molecular weight is 288 g/mol. The Kier molecular flexibility index (Phi) is 2.97. The van der Waals surface area contributed by atoms with Crippen molar-refractivity contribution in [1.29, 1.82) is 0 Å². The summed E-state index contributed by atoms with van der Waals surface area (Å²) >= 11 is 4.66. The molecule has 0 aliphatic carbocycles. The number of halogens is 2. The highest BCUT2D eigenvalue weighted by molar-refractivity contribution is 9.10. The number of nitrogen functional groups attached to an aromatic ring is 1. The van der Waals surface area contributed by atoms with Crippen molar-refractivity contribution < 1.29 is 4.39 Å². The molecule has 2 aromatic rings. The second kappa shape index (κ2) is 4.24. The van der Waals surface area contributed by atoms with Gasteiger partial charge in [-0.15, -0.1) is 10.2 Å². The van der Waals surface area contributed by atoms with E-state index in [4.69, 9.17) is 5.73 Å². The molecule has 0 spiro atoms. The third kappa shape index (κ3) is 2.51. The monoisotopic (exact) mass is 287 g/mol. The highest BCUT2D eigenvalue weighted by Crippen LogP contribution is 2.22. The van der Waals surface area contributed by atoms with E-state index in [1.165, 1.54) is 23.5 Å². The molecule has 1 aromatic heterocycles. The fourth-order valence-corrected chi connectivity index (χ4v) is 2.20. The van der Waals surface area contributed by atoms with Crippen molar-refractivity contribution in [2.75, 3.05) is 5.73 Å². The third-order valence-corrected chi connectivity index (χ3v) is 3.36. The van der Waals surface area contributed by atoms with E-state index in [0.717, 1.165) is 15.0 Å². The zero-order valence-electron chi connectivity index (χ0n) is 7.58. The van der Waals surface area contributed by atoms with Gasteiger partial charge in [0.05, 0.1) is 0 Å². The molecule has 6 heteroatoms. The summed E-state index contributed by atoms with van der Waals surface area (Å²) in [7, 11) is 0. The maximum absolute atomic E-state index is 13.0. The van der Waals surface area contributed by atoms with E-state index in [1.54, 1.807) is 6.07 Å². The van der Waals surface area contributed by atoms with Gasteiger partial charge in [0, 0.05) is 10.9 Å². The molecule has 0 bridgehead atoms. The quantitative estimate of drug-likeness (QED) is 0.924. The molecule has 15 heavy (non-hydrogen) atoms. The molecule has 0 aliphatic rings. The Hall–Kier alpha value is -1.01. The smallest absolute Gasteiger partial charge is 0.203 e. The van der Waals surface area contributed by atoms with Gasteiger partial charge in [-0.3, -0.25) is 0 Å². The maximum atomic E-state index is 13.0. The van der Waals surface area contributed by atoms with Crippen molar-refractivity contribution >= 4 is 32.4 Å². The van der Waals surface area contributed by atoms with Gasteiger partial charge >= 0.3 is 0 Å². The first kappa shape index (κ1) is 10.5. The van der Waals surface area contributed by atoms with Crippen LogP contribution in [0.2, 0.25) is 0 Å². The van der Waals surface area contributed by atoms with E-state index in [9.17, 15) is 4.39 Å². The van der Waals surface area contributed by atoms with Gasteiger partial charge in [0.1, 0.15) is 10.8 Å². The second-order valence-corrected chi connectivity index (χ2v) is 4.89. The summed E-state index contributed by atoms with van der Waals surface area (Å²) in [4.78, 5) is 0. The largest absolute Gasteiger partial charge is 0.374 e. The lowest BCUT2D eigenvalue weighted by atomic mass is 10.1. The molecule has 0 unspecified atom stereocenters. The number of nitrogens with zero attached hydrogens (tertiary/aromatic N) is 2. The molecule has 78 valence electrons. The van der Waals surface area contributed by atoms with Crippen LogP contribution >= 0.6 is 27.3 Å². The van der Waals surface area contributed by atoms with Crippen LogP contribution in [-0.2, 0) is 6.42 Å². The van der Waals surface area contributed by atoms with Crippen LogP contribution in [0.1, 0.15) is 10.6 Å². The molecule has 0 radical (unpaired) electrons. The first-order chi connectivity index (χ1) is 7.15. The van der Waals surface area contributed by atoms with Crippen molar-refractivity contribution in [2.24, 2.45) is 0 Å². The minimum absolute atomic E-state index is 0.259. The Morgan fingerprint density at radius 3 is 2.87 bits per heavy atom. The Bertz CT molecular complexity index is 486. The van der Waals surface area contributed by atoms with Crippen LogP contribution in [0, 0.1) is 5.82 Å². The highest BCUT2D eigenvalue weighted by atomic mass is 79.9. The Balaban J connectivity index is 2.27. The van der Waals surface area contributed by atoms with Gasteiger partial charge in [0.2, 0.25) is 5.13 Å². The highest BCUT2D eigenvalue weighted by Gasteiger charge is 2.06. The average Bonchev–Trinajstić information content (AvgIpc) is 2.58. The number of benzene rings is 1. The van der Waals surface area contributed by atoms with E-state index >= 15 is 0 Å². The number of aromatic nitrogens is 2. The van der Waals surface area contributed by atoms with E-state index in [1.807, 2.05) is 0 Å². The predicted molar refractivity (Wildman–Crippen MR) is 61.2 cm³/mol. The summed E-state index contributed by atoms with van der Waals surface area (Å²) in [5.74, 6) is -0.259. The molecule has 0 saturated heterocycles. The van der Waals surface area contributed by atoms with E-state index in [-0.39, 0.29) is 5.82 Å². The zero-order valence-corrected chi connectivity index (χ0v) is 9.98. The Labute approximate surface area is 98.3 Å². The summed E-state index contributed by atoms with van der Waals surface area (Å²) in [6.45, 7) is 0. The van der Waals surface area contributed by atoms with Crippen LogP contribution in [0.3, 0.4) is 0 Å². The number of nitrogens with two attached hydrogens (primary N) is 1. The van der Waals surface area contributed by atoms with Gasteiger partial charge in [-0.2, -0.15) is 0 Å². The lowest BCUT2D eigenvalue weighted by Gasteiger charge is -2.01. The lowest BCUT2D eigenvalue weighted by molar-refractivity contribution is 0.625. The van der Waals surface area contributed by atoms with Crippen LogP contribution in [0.15, 0.2) is 22.7 Å². The molecular formula is C9H7BrFN3S. The fourth-order valence-electron chi connectivity index (χ4n) is 1.18. The summed E-state index contributed by atoms with van der Waals surface area (Å²) in [5, 5.41) is 8.79. The second-order valence-electron chi connectivity index (χ2n) is 2.95.